The van der Waals surface area contributed by atoms with Gasteiger partial charge in [-0.2, -0.15) is 0 Å². The number of benzene rings is 1. The molecule has 6 nitrogen and oxygen atoms in total. The number of sulfonamides is 1. The van der Waals surface area contributed by atoms with Crippen LogP contribution in [0, 0.1) is 5.41 Å². The summed E-state index contributed by atoms with van der Waals surface area (Å²) in [6, 6.07) is 6.07. The molecular formula is C8H11N3O3S. The number of nitrogens with two attached hydrogens (primary N) is 1. The standard InChI is InChI=1S/C8H11N3O3S/c1-14-6-4-2-3-5-7(6)15(12,13)11-8(9)10/h2-5H,1H3,(H4,9,10,11). The quantitative estimate of drug-likeness (QED) is 0.495. The first-order valence-corrected chi connectivity index (χ1v) is 5.45. The number of hydrogen-bond acceptors (Lipinski definition) is 4. The Hall–Kier alpha value is -1.76. The van der Waals surface area contributed by atoms with E-state index in [1.54, 1.807) is 12.1 Å². The third-order valence-corrected chi connectivity index (χ3v) is 3.01. The van der Waals surface area contributed by atoms with E-state index >= 15 is 0 Å². The molecule has 1 rings (SSSR count). The van der Waals surface area contributed by atoms with E-state index in [0.29, 0.717) is 0 Å². The maximum atomic E-state index is 11.6. The summed E-state index contributed by atoms with van der Waals surface area (Å²) in [7, 11) is -2.46. The lowest BCUT2D eigenvalue weighted by Gasteiger charge is -2.09. The molecule has 0 aliphatic rings. The van der Waals surface area contributed by atoms with Crippen LogP contribution in [-0.4, -0.2) is 21.5 Å². The first kappa shape index (κ1) is 11.3. The summed E-state index contributed by atoms with van der Waals surface area (Å²) in [5.74, 6) is -0.438. The molecule has 0 saturated carbocycles. The molecule has 15 heavy (non-hydrogen) atoms. The lowest BCUT2D eigenvalue weighted by atomic mass is 10.3. The SMILES string of the molecule is COc1ccccc1S(=O)(=O)NC(=N)N. The van der Waals surface area contributed by atoms with Gasteiger partial charge < -0.3 is 10.5 Å². The maximum Gasteiger partial charge on any atom is 0.267 e. The predicted molar refractivity (Wildman–Crippen MR) is 55.2 cm³/mol. The van der Waals surface area contributed by atoms with Crippen LogP contribution in [0.25, 0.3) is 0 Å². The molecule has 4 N–H and O–H groups in total. The Kier molecular flexibility index (Phi) is 3.15. The molecule has 0 aromatic heterocycles. The van der Waals surface area contributed by atoms with Gasteiger partial charge in [0.1, 0.15) is 10.6 Å². The van der Waals surface area contributed by atoms with E-state index in [-0.39, 0.29) is 10.6 Å². The van der Waals surface area contributed by atoms with Gasteiger partial charge in [-0.15, -0.1) is 0 Å². The lowest BCUT2D eigenvalue weighted by molar-refractivity contribution is 0.402. The largest absolute Gasteiger partial charge is 0.495 e. The van der Waals surface area contributed by atoms with Crippen molar-refractivity contribution in [3.05, 3.63) is 24.3 Å². The third-order valence-electron chi connectivity index (χ3n) is 1.60. The molecule has 0 aliphatic heterocycles. The van der Waals surface area contributed by atoms with Gasteiger partial charge in [0, 0.05) is 0 Å². The summed E-state index contributed by atoms with van der Waals surface area (Å²) in [6.45, 7) is 0. The highest BCUT2D eigenvalue weighted by molar-refractivity contribution is 7.90. The van der Waals surface area contributed by atoms with E-state index in [1.165, 1.54) is 19.2 Å². The average molecular weight is 229 g/mol. The fourth-order valence-electron chi connectivity index (χ4n) is 1.04. The number of methoxy groups -OCH3 is 1. The number of hydrogen-bond donors (Lipinski definition) is 3. The molecule has 0 atom stereocenters. The summed E-state index contributed by atoms with van der Waals surface area (Å²) >= 11 is 0. The average Bonchev–Trinajstić information content (AvgIpc) is 2.16. The zero-order valence-electron chi connectivity index (χ0n) is 8.02. The van der Waals surface area contributed by atoms with E-state index in [2.05, 4.69) is 0 Å². The number of ether oxygens (including phenoxy) is 1. The molecule has 1 aromatic rings. The lowest BCUT2D eigenvalue weighted by Crippen LogP contribution is -2.35. The molecule has 0 radical (unpaired) electrons. The molecule has 0 saturated heterocycles. The molecule has 0 aliphatic carbocycles. The molecule has 0 spiro atoms. The summed E-state index contributed by atoms with van der Waals surface area (Å²) in [4.78, 5) is -0.0531. The van der Waals surface area contributed by atoms with Gasteiger partial charge in [-0.05, 0) is 12.1 Å². The number of para-hydroxylation sites is 1. The van der Waals surface area contributed by atoms with Gasteiger partial charge >= 0.3 is 0 Å². The second-order valence-corrected chi connectivity index (χ2v) is 4.32. The van der Waals surface area contributed by atoms with E-state index < -0.39 is 16.0 Å². The van der Waals surface area contributed by atoms with Crippen LogP contribution in [0.4, 0.5) is 0 Å². The highest BCUT2D eigenvalue weighted by Gasteiger charge is 2.18. The number of nitrogens with one attached hydrogen (secondary N) is 2. The van der Waals surface area contributed by atoms with Crippen LogP contribution in [0.2, 0.25) is 0 Å². The Morgan fingerprint density at radius 2 is 2.07 bits per heavy atom. The van der Waals surface area contributed by atoms with E-state index in [1.807, 2.05) is 4.72 Å². The number of guanidine groups is 1. The first-order valence-electron chi connectivity index (χ1n) is 3.97. The zero-order valence-corrected chi connectivity index (χ0v) is 8.84. The van der Waals surface area contributed by atoms with Crippen LogP contribution < -0.4 is 15.2 Å². The Morgan fingerprint density at radius 1 is 1.47 bits per heavy atom. The fraction of sp³-hybridized carbons (Fsp3) is 0.125. The summed E-state index contributed by atoms with van der Waals surface area (Å²) in [6.07, 6.45) is 0. The van der Waals surface area contributed by atoms with Crippen molar-refractivity contribution in [2.75, 3.05) is 7.11 Å². The first-order chi connectivity index (χ1) is 6.97. The van der Waals surface area contributed by atoms with Crippen molar-refractivity contribution in [3.63, 3.8) is 0 Å². The van der Waals surface area contributed by atoms with Crippen LogP contribution >= 0.6 is 0 Å². The third kappa shape index (κ3) is 2.59. The van der Waals surface area contributed by atoms with Gasteiger partial charge in [-0.3, -0.25) is 5.41 Å². The van der Waals surface area contributed by atoms with Crippen LogP contribution in [0.5, 0.6) is 5.75 Å². The Morgan fingerprint density at radius 3 is 2.60 bits per heavy atom. The fourth-order valence-corrected chi connectivity index (χ4v) is 2.11. The normalized spacial score (nSPS) is 10.7. The second-order valence-electron chi connectivity index (χ2n) is 2.67. The molecule has 0 fully saturated rings. The van der Waals surface area contributed by atoms with E-state index in [4.69, 9.17) is 15.9 Å². The van der Waals surface area contributed by atoms with Gasteiger partial charge in [0.15, 0.2) is 5.96 Å². The molecule has 7 heteroatoms. The summed E-state index contributed by atoms with van der Waals surface area (Å²) < 4.78 is 30.0. The minimum Gasteiger partial charge on any atom is -0.495 e. The minimum atomic E-state index is -3.83. The monoisotopic (exact) mass is 229 g/mol. The number of rotatable bonds is 3. The van der Waals surface area contributed by atoms with E-state index in [0.717, 1.165) is 0 Å². The molecular weight excluding hydrogens is 218 g/mol. The molecule has 82 valence electrons. The van der Waals surface area contributed by atoms with Crippen molar-refractivity contribution in [1.82, 2.24) is 4.72 Å². The van der Waals surface area contributed by atoms with Crippen molar-refractivity contribution < 1.29 is 13.2 Å². The van der Waals surface area contributed by atoms with Crippen molar-refractivity contribution in [2.45, 2.75) is 4.90 Å². The van der Waals surface area contributed by atoms with Crippen LogP contribution in [0.1, 0.15) is 0 Å². The van der Waals surface area contributed by atoms with Crippen LogP contribution in [0.3, 0.4) is 0 Å². The predicted octanol–water partition coefficient (Wildman–Crippen LogP) is -0.133. The van der Waals surface area contributed by atoms with Gasteiger partial charge in [0.25, 0.3) is 10.0 Å². The second kappa shape index (κ2) is 4.18. The van der Waals surface area contributed by atoms with Crippen molar-refractivity contribution in [3.8, 4) is 5.75 Å². The Balaban J connectivity index is 3.20. The van der Waals surface area contributed by atoms with Gasteiger partial charge in [-0.1, -0.05) is 12.1 Å². The molecule has 0 unspecified atom stereocenters. The topological polar surface area (TPSA) is 105 Å². The highest BCUT2D eigenvalue weighted by Crippen LogP contribution is 2.21. The van der Waals surface area contributed by atoms with Gasteiger partial charge in [0.05, 0.1) is 7.11 Å². The van der Waals surface area contributed by atoms with E-state index in [9.17, 15) is 8.42 Å². The summed E-state index contributed by atoms with van der Waals surface area (Å²) in [5, 5.41) is 6.87. The highest BCUT2D eigenvalue weighted by atomic mass is 32.2. The maximum absolute atomic E-state index is 11.6. The van der Waals surface area contributed by atoms with Gasteiger partial charge in [0.2, 0.25) is 0 Å². The van der Waals surface area contributed by atoms with Crippen molar-refractivity contribution >= 4 is 16.0 Å². The van der Waals surface area contributed by atoms with Crippen molar-refractivity contribution in [2.24, 2.45) is 5.73 Å². The van der Waals surface area contributed by atoms with Crippen LogP contribution in [-0.2, 0) is 10.0 Å². The molecule has 0 bridgehead atoms. The smallest absolute Gasteiger partial charge is 0.267 e. The van der Waals surface area contributed by atoms with Gasteiger partial charge in [-0.25, -0.2) is 13.1 Å². The van der Waals surface area contributed by atoms with Crippen molar-refractivity contribution in [1.29, 1.82) is 5.41 Å². The minimum absolute atomic E-state index is 0.0531. The molecule has 0 heterocycles. The zero-order chi connectivity index (χ0) is 11.5. The molecule has 1 aromatic carbocycles. The Labute approximate surface area is 87.6 Å². The Bertz CT molecular complexity index is 470. The molecule has 0 amide bonds. The van der Waals surface area contributed by atoms with Crippen LogP contribution in [0.15, 0.2) is 29.2 Å². The summed E-state index contributed by atoms with van der Waals surface area (Å²) in [5.41, 5.74) is 4.96.